The van der Waals surface area contributed by atoms with Crippen molar-refractivity contribution in [3.05, 3.63) is 33.4 Å². The lowest BCUT2D eigenvalue weighted by Gasteiger charge is -2.25. The summed E-state index contributed by atoms with van der Waals surface area (Å²) in [6.45, 7) is 2.76. The summed E-state index contributed by atoms with van der Waals surface area (Å²) in [7, 11) is -3.15. The lowest BCUT2D eigenvalue weighted by atomic mass is 9.96. The van der Waals surface area contributed by atoms with Gasteiger partial charge < -0.3 is 14.2 Å². The van der Waals surface area contributed by atoms with Crippen molar-refractivity contribution in [2.75, 3.05) is 31.8 Å². The third-order valence-electron chi connectivity index (χ3n) is 5.74. The lowest BCUT2D eigenvalue weighted by molar-refractivity contribution is -0.147. The Balaban J connectivity index is 2.60. The van der Waals surface area contributed by atoms with Gasteiger partial charge >= 0.3 is 29.7 Å². The van der Waals surface area contributed by atoms with Gasteiger partial charge in [0, 0.05) is 26.8 Å². The molecule has 0 saturated heterocycles. The van der Waals surface area contributed by atoms with Gasteiger partial charge in [0.1, 0.15) is 16.7 Å². The second-order valence-corrected chi connectivity index (χ2v) is 11.2. The Labute approximate surface area is 258 Å². The Bertz CT molecular complexity index is 1450. The van der Waals surface area contributed by atoms with E-state index in [0.717, 1.165) is 20.9 Å². The van der Waals surface area contributed by atoms with Gasteiger partial charge in [-0.15, -0.1) is 0 Å². The van der Waals surface area contributed by atoms with Crippen molar-refractivity contribution in [3.8, 4) is 11.8 Å². The Morgan fingerprint density at radius 1 is 1.02 bits per heavy atom. The molecule has 2 unspecified atom stereocenters. The molecule has 11 nitrogen and oxygen atoms in total. The first kappa shape index (κ1) is 36.6. The maximum atomic E-state index is 13.6. The molecule has 0 radical (unpaired) electrons. The number of ether oxygens (including phenoxy) is 3. The number of esters is 2. The second kappa shape index (κ2) is 14.5. The fourth-order valence-corrected chi connectivity index (χ4v) is 5.01. The van der Waals surface area contributed by atoms with Gasteiger partial charge in [-0.3, -0.25) is 14.5 Å². The van der Waals surface area contributed by atoms with Gasteiger partial charge in [0.05, 0.1) is 35.4 Å². The Morgan fingerprint density at radius 3 is 1.93 bits per heavy atom. The molecule has 0 N–H and O–H groups in total. The molecule has 1 aromatic carbocycles. The van der Waals surface area contributed by atoms with Crippen LogP contribution in [0.3, 0.4) is 0 Å². The van der Waals surface area contributed by atoms with Crippen LogP contribution in [0.1, 0.15) is 32.0 Å². The maximum Gasteiger partial charge on any atom is 0.476 e. The van der Waals surface area contributed by atoms with Crippen molar-refractivity contribution in [2.45, 2.75) is 37.4 Å². The molecule has 0 fully saturated rings. The van der Waals surface area contributed by atoms with E-state index in [-0.39, 0.29) is 13.2 Å². The summed E-state index contributed by atoms with van der Waals surface area (Å²) in [5.41, 5.74) is -8.60. The molecule has 2 aromatic rings. The smallest absolute Gasteiger partial charge is 0.465 e. The molecule has 0 saturated carbocycles. The number of hydrogen-bond donors (Lipinski definition) is 0. The van der Waals surface area contributed by atoms with Crippen LogP contribution >= 0.6 is 23.2 Å². The van der Waals surface area contributed by atoms with Crippen molar-refractivity contribution in [3.63, 3.8) is 0 Å². The van der Waals surface area contributed by atoms with Crippen molar-refractivity contribution in [2.24, 2.45) is 11.8 Å². The summed E-state index contributed by atoms with van der Waals surface area (Å²) in [5, 5.41) is 11.5. The van der Waals surface area contributed by atoms with E-state index in [1.807, 2.05) is 0 Å². The molecule has 0 aliphatic rings. The van der Waals surface area contributed by atoms with E-state index in [0.29, 0.717) is 21.7 Å². The van der Waals surface area contributed by atoms with Crippen molar-refractivity contribution in [1.82, 2.24) is 9.78 Å². The molecule has 0 aliphatic carbocycles. The molecule has 2 rings (SSSR count). The van der Waals surface area contributed by atoms with Crippen LogP contribution in [0.4, 0.5) is 37.0 Å². The molecule has 0 bridgehead atoms. The van der Waals surface area contributed by atoms with Crippen molar-refractivity contribution < 1.29 is 59.1 Å². The van der Waals surface area contributed by atoms with Gasteiger partial charge in [0.15, 0.2) is 22.3 Å². The van der Waals surface area contributed by atoms with Crippen molar-refractivity contribution >= 4 is 57.9 Å². The Hall–Kier alpha value is -3.56. The third kappa shape index (κ3) is 8.99. The van der Waals surface area contributed by atoms with E-state index in [4.69, 9.17) is 37.4 Å². The van der Waals surface area contributed by atoms with Crippen molar-refractivity contribution in [1.29, 1.82) is 5.26 Å². The number of nitriles is 1. The number of benzene rings is 1. The average Bonchev–Trinajstić information content (AvgIpc) is 3.27. The van der Waals surface area contributed by atoms with Gasteiger partial charge in [-0.05, 0) is 18.1 Å². The largest absolute Gasteiger partial charge is 0.476 e. The van der Waals surface area contributed by atoms with Crippen LogP contribution in [-0.4, -0.2) is 64.4 Å². The zero-order valence-electron chi connectivity index (χ0n) is 23.0. The second-order valence-electron chi connectivity index (χ2n) is 9.00. The van der Waals surface area contributed by atoms with Crippen LogP contribution in [0, 0.1) is 23.2 Å². The molecule has 0 aliphatic heterocycles. The van der Waals surface area contributed by atoms with E-state index in [2.05, 4.69) is 5.10 Å². The molecule has 2 atom stereocenters. The van der Waals surface area contributed by atoms with Crippen LogP contribution in [0.5, 0.6) is 0 Å². The van der Waals surface area contributed by atoms with E-state index >= 15 is 0 Å². The summed E-state index contributed by atoms with van der Waals surface area (Å²) in [6, 6.07) is 2.07. The minimum Gasteiger partial charge on any atom is -0.465 e. The number of amides is 1. The highest BCUT2D eigenvalue weighted by molar-refractivity contribution is 7.86. The van der Waals surface area contributed by atoms with Gasteiger partial charge in [0.25, 0.3) is 0 Å². The number of hydrogen-bond acceptors (Lipinski definition) is 9. The van der Waals surface area contributed by atoms with Crippen LogP contribution in [-0.2, 0) is 40.8 Å². The minimum atomic E-state index is -5.48. The van der Waals surface area contributed by atoms with Crippen LogP contribution < -0.4 is 4.90 Å². The van der Waals surface area contributed by atoms with Crippen LogP contribution in [0.25, 0.3) is 5.69 Å². The molecule has 44 heavy (non-hydrogen) atoms. The number of halogens is 8. The van der Waals surface area contributed by atoms with E-state index in [9.17, 15) is 50.2 Å². The quantitative estimate of drug-likeness (QED) is 0.175. The number of nitrogens with zero attached hydrogens (tertiary/aromatic N) is 4. The standard InChI is InChI=1S/C24H22Cl2F6N4O7S/c1-11(14(9-41-12(2)37)10-42-13(3)38)8-43-22(39)35(4)21-20(44(40)24(30,31)32)18(7-33)34-36(21)19-16(25)5-15(6-17(19)26)23(27,28)29/h5-6,11,14H,8-10H2,1-4H3. The third-order valence-corrected chi connectivity index (χ3v) is 7.49. The Kier molecular flexibility index (Phi) is 12.1. The summed E-state index contributed by atoms with van der Waals surface area (Å²) >= 11 is 12.0. The topological polar surface area (TPSA) is 141 Å². The zero-order chi connectivity index (χ0) is 33.7. The first-order chi connectivity index (χ1) is 20.2. The molecule has 1 amide bonds. The highest BCUT2D eigenvalue weighted by Gasteiger charge is 2.45. The minimum absolute atomic E-state index is 0.255. The number of carbonyl (C=O) groups excluding carboxylic acids is 3. The monoisotopic (exact) mass is 694 g/mol. The van der Waals surface area contributed by atoms with E-state index < -0.39 is 96.7 Å². The van der Waals surface area contributed by atoms with E-state index in [1.165, 1.54) is 13.0 Å². The first-order valence-corrected chi connectivity index (χ1v) is 13.9. The van der Waals surface area contributed by atoms with Gasteiger partial charge in [-0.25, -0.2) is 13.7 Å². The predicted octanol–water partition coefficient (Wildman–Crippen LogP) is 5.65. The predicted molar refractivity (Wildman–Crippen MR) is 141 cm³/mol. The Morgan fingerprint density at radius 2 is 1.52 bits per heavy atom. The van der Waals surface area contributed by atoms with Gasteiger partial charge in [-0.1, -0.05) is 30.1 Å². The number of alkyl halides is 6. The SMILES string of the molecule is CC(=O)OCC(COC(C)=O)C(C)COC(=O)N(C)c1c(S(=O)C(F)(F)F)c(C#N)nn1-c1c(Cl)cc(C(F)(F)F)cc1Cl. The average molecular weight is 695 g/mol. The summed E-state index contributed by atoms with van der Waals surface area (Å²) in [6.07, 6.45) is -6.33. The summed E-state index contributed by atoms with van der Waals surface area (Å²) in [5.74, 6) is -3.71. The van der Waals surface area contributed by atoms with Gasteiger partial charge in [-0.2, -0.15) is 36.7 Å². The first-order valence-electron chi connectivity index (χ1n) is 12.0. The van der Waals surface area contributed by atoms with E-state index in [1.54, 1.807) is 0 Å². The summed E-state index contributed by atoms with van der Waals surface area (Å²) < 4.78 is 109. The number of carbonyl (C=O) groups is 3. The zero-order valence-corrected chi connectivity index (χ0v) is 25.3. The molecular formula is C24H22Cl2F6N4O7S. The van der Waals surface area contributed by atoms with Crippen LogP contribution in [0.15, 0.2) is 17.0 Å². The molecule has 242 valence electrons. The van der Waals surface area contributed by atoms with Crippen LogP contribution in [0.2, 0.25) is 10.0 Å². The maximum absolute atomic E-state index is 13.6. The molecule has 20 heteroatoms. The molecule has 0 spiro atoms. The summed E-state index contributed by atoms with van der Waals surface area (Å²) in [4.78, 5) is 34.6. The molecule has 1 aromatic heterocycles. The highest BCUT2D eigenvalue weighted by Crippen LogP contribution is 2.42. The van der Waals surface area contributed by atoms with Gasteiger partial charge in [0.2, 0.25) is 0 Å². The number of rotatable bonds is 10. The normalized spacial score (nSPS) is 13.2. The fourth-order valence-electron chi connectivity index (χ4n) is 3.48. The lowest BCUT2D eigenvalue weighted by Crippen LogP contribution is -2.34. The number of aromatic nitrogens is 2. The fraction of sp³-hybridized carbons (Fsp3) is 0.458. The molecular weight excluding hydrogens is 673 g/mol. The molecule has 1 heterocycles. The highest BCUT2D eigenvalue weighted by atomic mass is 35.5. The number of anilines is 1.